The Labute approximate surface area is 161 Å². The highest BCUT2D eigenvalue weighted by atomic mass is 32.2. The van der Waals surface area contributed by atoms with Crippen molar-refractivity contribution in [2.24, 2.45) is 0 Å². The van der Waals surface area contributed by atoms with Gasteiger partial charge in [-0.3, -0.25) is 0 Å². The summed E-state index contributed by atoms with van der Waals surface area (Å²) in [5, 5.41) is 0.613. The Morgan fingerprint density at radius 2 is 2.07 bits per heavy atom. The van der Waals surface area contributed by atoms with Crippen molar-refractivity contribution in [2.45, 2.75) is 17.9 Å². The van der Waals surface area contributed by atoms with Crippen molar-refractivity contribution < 1.29 is 17.5 Å². The minimum absolute atomic E-state index is 0.0664. The van der Waals surface area contributed by atoms with E-state index in [2.05, 4.69) is 15.0 Å². The van der Waals surface area contributed by atoms with Crippen LogP contribution in [-0.2, 0) is 14.8 Å². The molecule has 28 heavy (non-hydrogen) atoms. The molecule has 1 aliphatic rings. The van der Waals surface area contributed by atoms with Gasteiger partial charge in [-0.25, -0.2) is 27.8 Å². The van der Waals surface area contributed by atoms with E-state index in [9.17, 15) is 12.8 Å². The molecule has 4 rings (SSSR count). The molecule has 10 heteroatoms. The molecule has 0 amide bonds. The van der Waals surface area contributed by atoms with Gasteiger partial charge in [0.05, 0.1) is 22.6 Å². The van der Waals surface area contributed by atoms with Crippen LogP contribution in [0.5, 0.6) is 0 Å². The first-order valence-corrected chi connectivity index (χ1v) is 10.1. The maximum atomic E-state index is 13.9. The number of nitrogens with zero attached hydrogens (tertiary/aromatic N) is 4. The number of fused-ring (bicyclic) bond motifs is 1. The summed E-state index contributed by atoms with van der Waals surface area (Å²) < 4.78 is 46.7. The Kier molecular flexibility index (Phi) is 4.69. The highest BCUT2D eigenvalue weighted by molar-refractivity contribution is 7.89. The van der Waals surface area contributed by atoms with E-state index in [-0.39, 0.29) is 24.6 Å². The number of hydrogen-bond acceptors (Lipinski definition) is 7. The molecule has 0 spiro atoms. The fourth-order valence-corrected chi connectivity index (χ4v) is 4.50. The maximum Gasteiger partial charge on any atom is 0.243 e. The molecular weight excluding hydrogens is 385 g/mol. The van der Waals surface area contributed by atoms with E-state index in [0.717, 1.165) is 6.07 Å². The molecule has 0 radical (unpaired) electrons. The van der Waals surface area contributed by atoms with Gasteiger partial charge >= 0.3 is 0 Å². The molecule has 0 bridgehead atoms. The molecule has 1 fully saturated rings. The number of halogens is 1. The molecule has 1 atom stereocenters. The van der Waals surface area contributed by atoms with Crippen molar-refractivity contribution in [1.82, 2.24) is 19.3 Å². The van der Waals surface area contributed by atoms with Gasteiger partial charge in [0.2, 0.25) is 10.0 Å². The van der Waals surface area contributed by atoms with Crippen LogP contribution in [0.3, 0.4) is 0 Å². The van der Waals surface area contributed by atoms with Gasteiger partial charge in [-0.05, 0) is 36.8 Å². The number of nitrogen functional groups attached to an aromatic ring is 1. The van der Waals surface area contributed by atoms with Gasteiger partial charge in [-0.15, -0.1) is 0 Å². The second-order valence-corrected chi connectivity index (χ2v) is 8.44. The third-order valence-electron chi connectivity index (χ3n) is 4.69. The van der Waals surface area contributed by atoms with Gasteiger partial charge in [-0.1, -0.05) is 6.07 Å². The fraction of sp³-hybridized carbons (Fsp3) is 0.278. The van der Waals surface area contributed by atoms with E-state index in [0.29, 0.717) is 28.1 Å². The summed E-state index contributed by atoms with van der Waals surface area (Å²) in [4.78, 5) is 12.4. The Bertz CT molecular complexity index is 1160. The second-order valence-electron chi connectivity index (χ2n) is 6.50. The van der Waals surface area contributed by atoms with E-state index in [1.54, 1.807) is 19.1 Å². The summed E-state index contributed by atoms with van der Waals surface area (Å²) in [7, 11) is -3.85. The molecule has 2 aromatic heterocycles. The van der Waals surface area contributed by atoms with E-state index >= 15 is 0 Å². The summed E-state index contributed by atoms with van der Waals surface area (Å²) in [6.07, 6.45) is 0.748. The van der Waals surface area contributed by atoms with Crippen LogP contribution in [0.25, 0.3) is 11.0 Å². The van der Waals surface area contributed by atoms with Crippen molar-refractivity contribution >= 4 is 26.9 Å². The first-order chi connectivity index (χ1) is 13.4. The number of anilines is 1. The zero-order valence-electron chi connectivity index (χ0n) is 15.0. The fourth-order valence-electron chi connectivity index (χ4n) is 3.06. The molecular formula is C18H18FN5O3S. The smallest absolute Gasteiger partial charge is 0.243 e. The van der Waals surface area contributed by atoms with E-state index in [4.69, 9.17) is 10.5 Å². The summed E-state index contributed by atoms with van der Waals surface area (Å²) in [6, 6.07) is 7.36. The molecule has 0 saturated carbocycles. The van der Waals surface area contributed by atoms with Crippen LogP contribution in [0.2, 0.25) is 0 Å². The van der Waals surface area contributed by atoms with Crippen LogP contribution >= 0.6 is 0 Å². The molecule has 3 aromatic rings. The molecule has 8 nitrogen and oxygen atoms in total. The first kappa shape index (κ1) is 18.7. The lowest BCUT2D eigenvalue weighted by molar-refractivity contribution is -0.00479. The Morgan fingerprint density at radius 3 is 2.86 bits per heavy atom. The quantitative estimate of drug-likeness (QED) is 0.710. The molecule has 2 N–H and O–H groups in total. The second kappa shape index (κ2) is 7.04. The minimum Gasteiger partial charge on any atom is -0.383 e. The number of aromatic nitrogens is 3. The van der Waals surface area contributed by atoms with E-state index < -0.39 is 21.9 Å². The molecule has 0 aliphatic carbocycles. The van der Waals surface area contributed by atoms with Crippen molar-refractivity contribution in [3.8, 4) is 0 Å². The SMILES string of the molecule is Cc1ccc(S(=O)(=O)N2CCO[C@@H](c3ccc4c(N)ncnc4n3)C2)cc1F. The third-order valence-corrected chi connectivity index (χ3v) is 6.55. The first-order valence-electron chi connectivity index (χ1n) is 8.61. The lowest BCUT2D eigenvalue weighted by Gasteiger charge is -2.32. The van der Waals surface area contributed by atoms with Crippen molar-refractivity contribution in [3.05, 3.63) is 53.7 Å². The molecule has 1 aromatic carbocycles. The number of morpholine rings is 1. The number of aryl methyl sites for hydroxylation is 1. The monoisotopic (exact) mass is 403 g/mol. The number of sulfonamides is 1. The van der Waals surface area contributed by atoms with Crippen LogP contribution in [0.15, 0.2) is 41.6 Å². The minimum atomic E-state index is -3.85. The largest absolute Gasteiger partial charge is 0.383 e. The number of hydrogen-bond donors (Lipinski definition) is 1. The highest BCUT2D eigenvalue weighted by Crippen LogP contribution is 2.27. The van der Waals surface area contributed by atoms with Crippen LogP contribution in [-0.4, -0.2) is 47.4 Å². The number of rotatable bonds is 3. The summed E-state index contributed by atoms with van der Waals surface area (Å²) in [5.41, 5.74) is 7.15. The van der Waals surface area contributed by atoms with Crippen molar-refractivity contribution in [2.75, 3.05) is 25.4 Å². The van der Waals surface area contributed by atoms with E-state index in [1.165, 1.54) is 22.8 Å². The summed E-state index contributed by atoms with van der Waals surface area (Å²) >= 11 is 0. The summed E-state index contributed by atoms with van der Waals surface area (Å²) in [6.45, 7) is 2.02. The molecule has 146 valence electrons. The topological polar surface area (TPSA) is 111 Å². The normalized spacial score (nSPS) is 18.4. The zero-order chi connectivity index (χ0) is 19.9. The van der Waals surface area contributed by atoms with Gasteiger partial charge in [0.1, 0.15) is 24.1 Å². The molecule has 3 heterocycles. The zero-order valence-corrected chi connectivity index (χ0v) is 15.9. The number of benzene rings is 1. The number of nitrogens with two attached hydrogens (primary N) is 1. The number of ether oxygens (including phenoxy) is 1. The maximum absolute atomic E-state index is 13.9. The van der Waals surface area contributed by atoms with Crippen molar-refractivity contribution in [3.63, 3.8) is 0 Å². The van der Waals surface area contributed by atoms with Gasteiger partial charge in [0.25, 0.3) is 0 Å². The standard InChI is InChI=1S/C18H18FN5O3S/c1-11-2-3-12(8-14(11)19)28(25,26)24-6-7-27-16(9-24)15-5-4-13-17(20)21-10-22-18(13)23-15/h2-5,8,10,16H,6-7,9H2,1H3,(H2,20,21,22,23)/t16-/m1/s1. The van der Waals surface area contributed by atoms with Gasteiger partial charge in [0, 0.05) is 13.1 Å². The number of pyridine rings is 1. The average Bonchev–Trinajstić information content (AvgIpc) is 2.70. The Morgan fingerprint density at radius 1 is 1.25 bits per heavy atom. The van der Waals surface area contributed by atoms with Crippen LogP contribution < -0.4 is 5.73 Å². The highest BCUT2D eigenvalue weighted by Gasteiger charge is 2.32. The summed E-state index contributed by atoms with van der Waals surface area (Å²) in [5.74, 6) is -0.237. The molecule has 1 saturated heterocycles. The van der Waals surface area contributed by atoms with Crippen molar-refractivity contribution in [1.29, 1.82) is 0 Å². The Balaban J connectivity index is 1.63. The molecule has 1 aliphatic heterocycles. The van der Waals surface area contributed by atoms with Crippen LogP contribution in [0, 0.1) is 12.7 Å². The van der Waals surface area contributed by atoms with Crippen LogP contribution in [0.4, 0.5) is 10.2 Å². The van der Waals surface area contributed by atoms with Gasteiger partial charge in [0.15, 0.2) is 5.65 Å². The van der Waals surface area contributed by atoms with E-state index in [1.807, 2.05) is 0 Å². The lowest BCUT2D eigenvalue weighted by Crippen LogP contribution is -2.42. The lowest BCUT2D eigenvalue weighted by atomic mass is 10.2. The third kappa shape index (κ3) is 3.30. The van der Waals surface area contributed by atoms with Gasteiger partial charge in [-0.2, -0.15) is 4.31 Å². The molecule has 0 unspecified atom stereocenters. The average molecular weight is 403 g/mol. The predicted molar refractivity (Wildman–Crippen MR) is 100 cm³/mol. The van der Waals surface area contributed by atoms with Gasteiger partial charge < -0.3 is 10.5 Å². The van der Waals surface area contributed by atoms with Crippen LogP contribution in [0.1, 0.15) is 17.4 Å². The Hall–Kier alpha value is -2.69. The predicted octanol–water partition coefficient (Wildman–Crippen LogP) is 1.82.